The lowest BCUT2D eigenvalue weighted by Crippen LogP contribution is -2.54. The smallest absolute Gasteiger partial charge is 0.240 e. The molecule has 4 heteroatoms. The maximum atomic E-state index is 12.3. The van der Waals surface area contributed by atoms with Gasteiger partial charge in [0.25, 0.3) is 0 Å². The van der Waals surface area contributed by atoms with Crippen LogP contribution >= 0.6 is 11.8 Å². The van der Waals surface area contributed by atoms with Crippen LogP contribution in [0.25, 0.3) is 0 Å². The van der Waals surface area contributed by atoms with Crippen LogP contribution in [0.1, 0.15) is 16.4 Å². The third-order valence-corrected chi connectivity index (χ3v) is 4.62. The summed E-state index contributed by atoms with van der Waals surface area (Å²) in [5, 5.41) is 9.20. The normalized spacial score (nSPS) is 24.1. The SMILES string of the molecule is O=C(C1SCCc2ccccc21)N1CC(O)C1. The molecule has 3 nitrogen and oxygen atoms in total. The summed E-state index contributed by atoms with van der Waals surface area (Å²) in [4.78, 5) is 14.0. The fourth-order valence-corrected chi connectivity index (χ4v) is 3.67. The van der Waals surface area contributed by atoms with Crippen molar-refractivity contribution in [3.8, 4) is 0 Å². The number of hydrogen-bond donors (Lipinski definition) is 1. The minimum absolute atomic E-state index is 0.0625. The summed E-state index contributed by atoms with van der Waals surface area (Å²) in [7, 11) is 0. The Labute approximate surface area is 105 Å². The van der Waals surface area contributed by atoms with Gasteiger partial charge in [-0.25, -0.2) is 0 Å². The molecule has 1 saturated heterocycles. The predicted octanol–water partition coefficient (Wildman–Crippen LogP) is 1.22. The molecular weight excluding hydrogens is 234 g/mol. The van der Waals surface area contributed by atoms with Gasteiger partial charge in [-0.2, -0.15) is 0 Å². The van der Waals surface area contributed by atoms with E-state index in [-0.39, 0.29) is 17.3 Å². The van der Waals surface area contributed by atoms with Gasteiger partial charge < -0.3 is 10.0 Å². The Morgan fingerprint density at radius 2 is 2.12 bits per heavy atom. The molecule has 0 aliphatic carbocycles. The number of carbonyl (C=O) groups is 1. The molecule has 90 valence electrons. The third-order valence-electron chi connectivity index (χ3n) is 3.39. The molecule has 1 aromatic rings. The second kappa shape index (κ2) is 4.35. The number of β-amino-alcohol motifs (C(OH)–C–C–N with tert-alkyl or cyclic N) is 1. The van der Waals surface area contributed by atoms with Crippen LogP contribution in [-0.4, -0.2) is 40.9 Å². The summed E-state index contributed by atoms with van der Waals surface area (Å²) in [5.74, 6) is 1.16. The molecule has 0 radical (unpaired) electrons. The Bertz CT molecular complexity index is 443. The fourth-order valence-electron chi connectivity index (χ4n) is 2.40. The minimum Gasteiger partial charge on any atom is -0.389 e. The van der Waals surface area contributed by atoms with Crippen LogP contribution in [-0.2, 0) is 11.2 Å². The van der Waals surface area contributed by atoms with Crippen LogP contribution < -0.4 is 0 Å². The number of thioether (sulfide) groups is 1. The van der Waals surface area contributed by atoms with Crippen molar-refractivity contribution >= 4 is 17.7 Å². The molecule has 3 rings (SSSR count). The monoisotopic (exact) mass is 249 g/mol. The molecule has 1 fully saturated rings. The average molecular weight is 249 g/mol. The second-order valence-corrected chi connectivity index (χ2v) is 5.81. The van der Waals surface area contributed by atoms with Gasteiger partial charge in [-0.1, -0.05) is 24.3 Å². The second-order valence-electron chi connectivity index (χ2n) is 4.60. The molecule has 1 unspecified atom stereocenters. The number of likely N-dealkylation sites (tertiary alicyclic amines) is 1. The summed E-state index contributed by atoms with van der Waals surface area (Å²) in [6, 6.07) is 8.19. The molecule has 1 amide bonds. The van der Waals surface area contributed by atoms with Gasteiger partial charge >= 0.3 is 0 Å². The number of aryl methyl sites for hydroxylation is 1. The van der Waals surface area contributed by atoms with Gasteiger partial charge in [0.15, 0.2) is 0 Å². The van der Waals surface area contributed by atoms with Crippen molar-refractivity contribution in [2.75, 3.05) is 18.8 Å². The van der Waals surface area contributed by atoms with Crippen LogP contribution in [0.3, 0.4) is 0 Å². The molecule has 0 spiro atoms. The van der Waals surface area contributed by atoms with E-state index < -0.39 is 0 Å². The number of benzene rings is 1. The van der Waals surface area contributed by atoms with Gasteiger partial charge in [0.05, 0.1) is 6.10 Å². The lowest BCUT2D eigenvalue weighted by molar-refractivity contribution is -0.140. The Balaban J connectivity index is 1.83. The Hall–Kier alpha value is -1.00. The Morgan fingerprint density at radius 3 is 2.88 bits per heavy atom. The largest absolute Gasteiger partial charge is 0.389 e. The summed E-state index contributed by atoms with van der Waals surface area (Å²) in [6.45, 7) is 0.996. The van der Waals surface area contributed by atoms with E-state index in [0.717, 1.165) is 17.7 Å². The minimum atomic E-state index is -0.317. The third kappa shape index (κ3) is 1.96. The molecule has 1 atom stereocenters. The van der Waals surface area contributed by atoms with Crippen LogP contribution in [0.4, 0.5) is 0 Å². The maximum Gasteiger partial charge on any atom is 0.240 e. The summed E-state index contributed by atoms with van der Waals surface area (Å²) in [6.07, 6.45) is 0.732. The summed E-state index contributed by atoms with van der Waals surface area (Å²) < 4.78 is 0. The number of hydrogen-bond acceptors (Lipinski definition) is 3. The zero-order chi connectivity index (χ0) is 11.8. The van der Waals surface area contributed by atoms with E-state index in [1.807, 2.05) is 12.1 Å². The highest BCUT2D eigenvalue weighted by atomic mass is 32.2. The van der Waals surface area contributed by atoms with Crippen molar-refractivity contribution in [2.45, 2.75) is 17.8 Å². The maximum absolute atomic E-state index is 12.3. The molecule has 1 N–H and O–H groups in total. The van der Waals surface area contributed by atoms with Gasteiger partial charge in [0.2, 0.25) is 5.91 Å². The first-order chi connectivity index (χ1) is 8.25. The van der Waals surface area contributed by atoms with Gasteiger partial charge in [-0.3, -0.25) is 4.79 Å². The number of rotatable bonds is 1. The fraction of sp³-hybridized carbons (Fsp3) is 0.462. The molecule has 1 aromatic carbocycles. The van der Waals surface area contributed by atoms with Gasteiger partial charge in [0, 0.05) is 13.1 Å². The van der Waals surface area contributed by atoms with Gasteiger partial charge in [0.1, 0.15) is 5.25 Å². The van der Waals surface area contributed by atoms with Crippen LogP contribution in [0, 0.1) is 0 Å². The first kappa shape index (κ1) is 11.1. The van der Waals surface area contributed by atoms with Crippen LogP contribution in [0.2, 0.25) is 0 Å². The van der Waals surface area contributed by atoms with E-state index in [9.17, 15) is 9.90 Å². The molecule has 2 aliphatic rings. The van der Waals surface area contributed by atoms with E-state index >= 15 is 0 Å². The first-order valence-corrected chi connectivity index (χ1v) is 6.97. The standard InChI is InChI=1S/C13H15NO2S/c15-10-7-14(8-10)13(16)12-11-4-2-1-3-9(11)5-6-17-12/h1-4,10,12,15H,5-8H2. The highest BCUT2D eigenvalue weighted by Gasteiger charge is 2.36. The Kier molecular flexibility index (Phi) is 2.84. The lowest BCUT2D eigenvalue weighted by atomic mass is 10.00. The number of nitrogens with zero attached hydrogens (tertiary/aromatic N) is 1. The van der Waals surface area contributed by atoms with Crippen molar-refractivity contribution in [1.29, 1.82) is 0 Å². The zero-order valence-corrected chi connectivity index (χ0v) is 10.3. The topological polar surface area (TPSA) is 40.5 Å². The van der Waals surface area contributed by atoms with Crippen molar-refractivity contribution in [1.82, 2.24) is 4.90 Å². The van der Waals surface area contributed by atoms with Gasteiger partial charge in [-0.05, 0) is 23.3 Å². The highest BCUT2D eigenvalue weighted by Crippen LogP contribution is 2.38. The zero-order valence-electron chi connectivity index (χ0n) is 9.50. The van der Waals surface area contributed by atoms with E-state index in [4.69, 9.17) is 0 Å². The molecule has 0 aromatic heterocycles. The molecular formula is C13H15NO2S. The van der Waals surface area contributed by atoms with E-state index in [1.165, 1.54) is 5.56 Å². The molecule has 0 saturated carbocycles. The lowest BCUT2D eigenvalue weighted by Gasteiger charge is -2.39. The first-order valence-electron chi connectivity index (χ1n) is 5.92. The predicted molar refractivity (Wildman–Crippen MR) is 67.9 cm³/mol. The van der Waals surface area contributed by atoms with Crippen molar-refractivity contribution < 1.29 is 9.90 Å². The number of amides is 1. The van der Waals surface area contributed by atoms with E-state index in [2.05, 4.69) is 12.1 Å². The van der Waals surface area contributed by atoms with Crippen molar-refractivity contribution in [2.24, 2.45) is 0 Å². The average Bonchev–Trinajstić information content (AvgIpc) is 2.33. The molecule has 2 aliphatic heterocycles. The number of aliphatic hydroxyl groups excluding tert-OH is 1. The number of carbonyl (C=O) groups excluding carboxylic acids is 1. The van der Waals surface area contributed by atoms with Gasteiger partial charge in [-0.15, -0.1) is 11.8 Å². The quantitative estimate of drug-likeness (QED) is 0.813. The summed E-state index contributed by atoms with van der Waals surface area (Å²) >= 11 is 1.72. The molecule has 0 bridgehead atoms. The van der Waals surface area contributed by atoms with E-state index in [0.29, 0.717) is 13.1 Å². The van der Waals surface area contributed by atoms with Crippen LogP contribution in [0.5, 0.6) is 0 Å². The molecule has 17 heavy (non-hydrogen) atoms. The van der Waals surface area contributed by atoms with Crippen LogP contribution in [0.15, 0.2) is 24.3 Å². The van der Waals surface area contributed by atoms with E-state index in [1.54, 1.807) is 16.7 Å². The Morgan fingerprint density at radius 1 is 1.35 bits per heavy atom. The number of fused-ring (bicyclic) bond motifs is 1. The molecule has 2 heterocycles. The van der Waals surface area contributed by atoms with Crippen molar-refractivity contribution in [3.63, 3.8) is 0 Å². The van der Waals surface area contributed by atoms with Crippen molar-refractivity contribution in [3.05, 3.63) is 35.4 Å². The summed E-state index contributed by atoms with van der Waals surface area (Å²) in [5.41, 5.74) is 2.46. The highest BCUT2D eigenvalue weighted by molar-refractivity contribution is 8.00. The number of aliphatic hydroxyl groups is 1.